The van der Waals surface area contributed by atoms with Crippen LogP contribution in [0.5, 0.6) is 0 Å². The third kappa shape index (κ3) is 3.58. The smallest absolute Gasteiger partial charge is 0.131 e. The maximum Gasteiger partial charge on any atom is 0.131 e. The topological polar surface area (TPSA) is 49.8 Å². The fourth-order valence-corrected chi connectivity index (χ4v) is 2.03. The van der Waals surface area contributed by atoms with E-state index >= 15 is 0 Å². The Bertz CT molecular complexity index is 374. The van der Waals surface area contributed by atoms with Crippen molar-refractivity contribution in [2.45, 2.75) is 33.6 Å². The highest BCUT2D eigenvalue weighted by Crippen LogP contribution is 2.36. The molecule has 0 amide bonds. The molecule has 1 aliphatic rings. The second kappa shape index (κ2) is 5.34. The van der Waals surface area contributed by atoms with Crippen molar-refractivity contribution < 1.29 is 0 Å². The summed E-state index contributed by atoms with van der Waals surface area (Å²) in [5.41, 5.74) is 0. The van der Waals surface area contributed by atoms with Crippen LogP contribution in [0.4, 0.5) is 11.6 Å². The molecule has 17 heavy (non-hydrogen) atoms. The van der Waals surface area contributed by atoms with Gasteiger partial charge in [-0.3, -0.25) is 0 Å². The lowest BCUT2D eigenvalue weighted by atomic mass is 10.1. The molecule has 4 nitrogen and oxygen atoms in total. The number of nitrogens with zero attached hydrogens (tertiary/aromatic N) is 2. The highest BCUT2D eigenvalue weighted by molar-refractivity contribution is 5.47. The van der Waals surface area contributed by atoms with Crippen LogP contribution in [0.2, 0.25) is 0 Å². The summed E-state index contributed by atoms with van der Waals surface area (Å²) in [6.45, 7) is 8.20. The van der Waals surface area contributed by atoms with Crippen molar-refractivity contribution in [1.82, 2.24) is 9.97 Å². The van der Waals surface area contributed by atoms with Gasteiger partial charge in [0.2, 0.25) is 0 Å². The van der Waals surface area contributed by atoms with E-state index in [9.17, 15) is 0 Å². The van der Waals surface area contributed by atoms with E-state index in [0.717, 1.165) is 42.4 Å². The van der Waals surface area contributed by atoms with E-state index in [0.29, 0.717) is 0 Å². The molecule has 1 atom stereocenters. The zero-order valence-corrected chi connectivity index (χ0v) is 11.0. The van der Waals surface area contributed by atoms with Gasteiger partial charge in [-0.1, -0.05) is 6.92 Å². The first kappa shape index (κ1) is 12.1. The van der Waals surface area contributed by atoms with Crippen LogP contribution >= 0.6 is 0 Å². The Morgan fingerprint density at radius 1 is 1.29 bits per heavy atom. The van der Waals surface area contributed by atoms with Gasteiger partial charge in [-0.25, -0.2) is 9.97 Å². The third-order valence-electron chi connectivity index (χ3n) is 3.23. The van der Waals surface area contributed by atoms with Crippen molar-refractivity contribution in [2.24, 2.45) is 11.8 Å². The van der Waals surface area contributed by atoms with Gasteiger partial charge < -0.3 is 10.6 Å². The van der Waals surface area contributed by atoms with Gasteiger partial charge >= 0.3 is 0 Å². The summed E-state index contributed by atoms with van der Waals surface area (Å²) in [6.07, 6.45) is 2.79. The van der Waals surface area contributed by atoms with Gasteiger partial charge in [0.25, 0.3) is 0 Å². The lowest BCUT2D eigenvalue weighted by Gasteiger charge is -2.13. The molecule has 0 aliphatic heterocycles. The molecule has 1 saturated carbocycles. The van der Waals surface area contributed by atoms with Crippen molar-refractivity contribution in [1.29, 1.82) is 0 Å². The number of aryl methyl sites for hydroxylation is 1. The van der Waals surface area contributed by atoms with E-state index in [2.05, 4.69) is 34.4 Å². The molecule has 4 heteroatoms. The minimum Gasteiger partial charge on any atom is -0.370 e. The van der Waals surface area contributed by atoms with Crippen molar-refractivity contribution in [2.75, 3.05) is 23.7 Å². The van der Waals surface area contributed by atoms with E-state index < -0.39 is 0 Å². The number of hydrogen-bond donors (Lipinski definition) is 2. The van der Waals surface area contributed by atoms with Gasteiger partial charge in [-0.05, 0) is 38.5 Å². The summed E-state index contributed by atoms with van der Waals surface area (Å²) < 4.78 is 0. The number of hydrogen-bond acceptors (Lipinski definition) is 4. The molecule has 2 N–H and O–H groups in total. The molecule has 1 unspecified atom stereocenters. The summed E-state index contributed by atoms with van der Waals surface area (Å²) in [5, 5.41) is 6.63. The molecule has 2 rings (SSSR count). The molecule has 1 aromatic heterocycles. The Morgan fingerprint density at radius 2 is 1.94 bits per heavy atom. The standard InChI is InChI=1S/C13H22N4/c1-4-14-12-7-13(17-10(3)16-12)15-8-9(2)11-5-6-11/h7,9,11H,4-6,8H2,1-3H3,(H2,14,15,16,17). The van der Waals surface area contributed by atoms with E-state index in [-0.39, 0.29) is 0 Å². The van der Waals surface area contributed by atoms with Crippen molar-refractivity contribution in [3.8, 4) is 0 Å². The fourth-order valence-electron chi connectivity index (χ4n) is 2.03. The summed E-state index contributed by atoms with van der Waals surface area (Å²) >= 11 is 0. The van der Waals surface area contributed by atoms with Gasteiger partial charge in [0.15, 0.2) is 0 Å². The van der Waals surface area contributed by atoms with Gasteiger partial charge in [0.05, 0.1) is 0 Å². The van der Waals surface area contributed by atoms with Crippen LogP contribution in [-0.2, 0) is 0 Å². The first-order valence-corrected chi connectivity index (χ1v) is 6.52. The van der Waals surface area contributed by atoms with Crippen LogP contribution < -0.4 is 10.6 Å². The van der Waals surface area contributed by atoms with Crippen LogP contribution in [0, 0.1) is 18.8 Å². The Morgan fingerprint density at radius 3 is 2.53 bits per heavy atom. The van der Waals surface area contributed by atoms with Gasteiger partial charge in [0, 0.05) is 19.2 Å². The first-order valence-electron chi connectivity index (χ1n) is 6.52. The number of anilines is 2. The molecule has 1 heterocycles. The summed E-state index contributed by atoms with van der Waals surface area (Å²) in [6, 6.07) is 1.98. The second-order valence-corrected chi connectivity index (χ2v) is 4.91. The zero-order valence-electron chi connectivity index (χ0n) is 11.0. The van der Waals surface area contributed by atoms with Crippen molar-refractivity contribution in [3.63, 3.8) is 0 Å². The monoisotopic (exact) mass is 234 g/mol. The molecule has 0 bridgehead atoms. The minimum atomic E-state index is 0.743. The van der Waals surface area contributed by atoms with Crippen molar-refractivity contribution >= 4 is 11.6 Å². The number of nitrogens with one attached hydrogen (secondary N) is 2. The highest BCUT2D eigenvalue weighted by Gasteiger charge is 2.27. The zero-order chi connectivity index (χ0) is 12.3. The first-order chi connectivity index (χ1) is 8.19. The van der Waals surface area contributed by atoms with Crippen LogP contribution in [-0.4, -0.2) is 23.1 Å². The van der Waals surface area contributed by atoms with Gasteiger partial charge in [-0.15, -0.1) is 0 Å². The SMILES string of the molecule is CCNc1cc(NCC(C)C2CC2)nc(C)n1. The average Bonchev–Trinajstić information content (AvgIpc) is 3.09. The van der Waals surface area contributed by atoms with Crippen molar-refractivity contribution in [3.05, 3.63) is 11.9 Å². The molecule has 0 radical (unpaired) electrons. The predicted molar refractivity (Wildman–Crippen MR) is 71.3 cm³/mol. The Hall–Kier alpha value is -1.32. The Balaban J connectivity index is 1.94. The molecule has 1 aliphatic carbocycles. The van der Waals surface area contributed by atoms with Gasteiger partial charge in [-0.2, -0.15) is 0 Å². The maximum absolute atomic E-state index is 4.41. The summed E-state index contributed by atoms with van der Waals surface area (Å²) in [7, 11) is 0. The van der Waals surface area contributed by atoms with E-state index in [4.69, 9.17) is 0 Å². The summed E-state index contributed by atoms with van der Waals surface area (Å²) in [4.78, 5) is 8.74. The molecule has 1 aromatic rings. The number of aromatic nitrogens is 2. The predicted octanol–water partition coefficient (Wildman–Crippen LogP) is 2.67. The van der Waals surface area contributed by atoms with E-state index in [1.165, 1.54) is 12.8 Å². The number of rotatable bonds is 6. The summed E-state index contributed by atoms with van der Waals surface area (Å²) in [5.74, 6) is 4.32. The van der Waals surface area contributed by atoms with Gasteiger partial charge in [0.1, 0.15) is 17.5 Å². The normalized spacial score (nSPS) is 16.6. The quantitative estimate of drug-likeness (QED) is 0.794. The molecular formula is C13H22N4. The minimum absolute atomic E-state index is 0.743. The van der Waals surface area contributed by atoms with Crippen LogP contribution in [0.3, 0.4) is 0 Å². The third-order valence-corrected chi connectivity index (χ3v) is 3.23. The fraction of sp³-hybridized carbons (Fsp3) is 0.692. The lowest BCUT2D eigenvalue weighted by molar-refractivity contribution is 0.536. The van der Waals surface area contributed by atoms with Crippen LogP contribution in [0.25, 0.3) is 0 Å². The Labute approximate surface area is 103 Å². The largest absolute Gasteiger partial charge is 0.370 e. The van der Waals surface area contributed by atoms with Crippen LogP contribution in [0.1, 0.15) is 32.5 Å². The second-order valence-electron chi connectivity index (χ2n) is 4.91. The van der Waals surface area contributed by atoms with E-state index in [1.807, 2.05) is 13.0 Å². The maximum atomic E-state index is 4.41. The molecule has 0 aromatic carbocycles. The molecular weight excluding hydrogens is 212 g/mol. The van der Waals surface area contributed by atoms with E-state index in [1.54, 1.807) is 0 Å². The highest BCUT2D eigenvalue weighted by atomic mass is 15.1. The average molecular weight is 234 g/mol. The molecule has 0 spiro atoms. The Kier molecular flexibility index (Phi) is 3.82. The molecule has 94 valence electrons. The molecule has 0 saturated heterocycles. The molecule has 1 fully saturated rings. The lowest BCUT2D eigenvalue weighted by Crippen LogP contribution is -2.14. The van der Waals surface area contributed by atoms with Crippen LogP contribution in [0.15, 0.2) is 6.07 Å².